The first-order chi connectivity index (χ1) is 15.8. The van der Waals surface area contributed by atoms with E-state index in [1.54, 1.807) is 4.90 Å². The van der Waals surface area contributed by atoms with Gasteiger partial charge < -0.3 is 24.4 Å². The fourth-order valence-corrected chi connectivity index (χ4v) is 4.54. The Balaban J connectivity index is 1.53. The third kappa shape index (κ3) is 5.41. The number of likely N-dealkylation sites (tertiary alicyclic amines) is 1. The summed E-state index contributed by atoms with van der Waals surface area (Å²) in [4.78, 5) is 26.5. The number of para-hydroxylation sites is 1. The molecule has 1 N–H and O–H groups in total. The maximum absolute atomic E-state index is 12.5. The van der Waals surface area contributed by atoms with E-state index in [1.807, 2.05) is 75.4 Å². The minimum atomic E-state index is -0.701. The number of nitrogens with zero attached hydrogens (tertiary/aromatic N) is 1. The van der Waals surface area contributed by atoms with Gasteiger partial charge in [-0.2, -0.15) is 0 Å². The fraction of sp³-hybridized carbons (Fsp3) is 0.462. The number of hydrogen-bond donors (Lipinski definition) is 1. The Morgan fingerprint density at radius 3 is 2.45 bits per heavy atom. The highest BCUT2D eigenvalue weighted by atomic mass is 16.6. The predicted molar refractivity (Wildman–Crippen MR) is 124 cm³/mol. The number of hydrogen-bond acceptors (Lipinski definition) is 5. The Labute approximate surface area is 195 Å². The summed E-state index contributed by atoms with van der Waals surface area (Å²) in [5.74, 6) is 0.683. The molecular formula is C26H32N2O5. The van der Waals surface area contributed by atoms with Gasteiger partial charge in [-0.1, -0.05) is 48.5 Å². The van der Waals surface area contributed by atoms with Crippen molar-refractivity contribution in [1.29, 1.82) is 0 Å². The average Bonchev–Trinajstić information content (AvgIpc) is 2.78. The molecule has 7 nitrogen and oxygen atoms in total. The number of ether oxygens (including phenoxy) is 3. The van der Waals surface area contributed by atoms with Crippen molar-refractivity contribution in [2.75, 3.05) is 19.6 Å². The number of benzene rings is 2. The van der Waals surface area contributed by atoms with Crippen LogP contribution < -0.4 is 10.1 Å². The van der Waals surface area contributed by atoms with Gasteiger partial charge in [0.25, 0.3) is 0 Å². The predicted octanol–water partition coefficient (Wildman–Crippen LogP) is 4.86. The Morgan fingerprint density at radius 1 is 1.09 bits per heavy atom. The van der Waals surface area contributed by atoms with Crippen LogP contribution in [0.15, 0.2) is 54.6 Å². The summed E-state index contributed by atoms with van der Waals surface area (Å²) in [7, 11) is 0. The lowest BCUT2D eigenvalue weighted by molar-refractivity contribution is -0.0710. The van der Waals surface area contributed by atoms with E-state index in [1.165, 1.54) is 0 Å². The molecular weight excluding hydrogens is 420 g/mol. The van der Waals surface area contributed by atoms with Gasteiger partial charge in [0.2, 0.25) is 0 Å². The quantitative estimate of drug-likeness (QED) is 0.717. The molecule has 1 atom stereocenters. The van der Waals surface area contributed by atoms with E-state index in [2.05, 4.69) is 5.32 Å². The van der Waals surface area contributed by atoms with Gasteiger partial charge in [-0.3, -0.25) is 0 Å². The highest BCUT2D eigenvalue weighted by Gasteiger charge is 2.50. The largest absolute Gasteiger partial charge is 0.489 e. The number of carbonyl (C=O) groups excluding carboxylic acids is 2. The highest BCUT2D eigenvalue weighted by Crippen LogP contribution is 2.44. The molecule has 1 spiro atoms. The van der Waals surface area contributed by atoms with Gasteiger partial charge in [0.05, 0.1) is 0 Å². The molecule has 33 heavy (non-hydrogen) atoms. The summed E-state index contributed by atoms with van der Waals surface area (Å²) >= 11 is 0. The Kier molecular flexibility index (Phi) is 6.49. The molecule has 4 rings (SSSR count). The van der Waals surface area contributed by atoms with Crippen molar-refractivity contribution in [3.05, 3.63) is 65.7 Å². The smallest absolute Gasteiger partial charge is 0.410 e. The number of alkyl carbamates (subject to hydrolysis) is 1. The van der Waals surface area contributed by atoms with E-state index >= 15 is 0 Å². The second-order valence-electron chi connectivity index (χ2n) is 9.67. The van der Waals surface area contributed by atoms with Crippen LogP contribution >= 0.6 is 0 Å². The first kappa shape index (κ1) is 23.0. The van der Waals surface area contributed by atoms with Gasteiger partial charge in [0.1, 0.15) is 23.6 Å². The molecule has 2 saturated heterocycles. The SMILES string of the molecule is CC(C)(C)OC(=O)N1CCC2(CC1)OC(=O)NC[C@H]2c1ccccc1OCc1ccccc1. The summed E-state index contributed by atoms with van der Waals surface area (Å²) in [5, 5.41) is 2.85. The summed E-state index contributed by atoms with van der Waals surface area (Å²) < 4.78 is 17.7. The standard InChI is InChI=1S/C26H32N2O5/c1-25(2,3)33-24(30)28-15-13-26(14-16-28)21(17-27-23(29)32-26)20-11-7-8-12-22(20)31-18-19-9-5-4-6-10-19/h4-12,21H,13-18H2,1-3H3,(H,27,29)/t21-/m0/s1. The van der Waals surface area contributed by atoms with Gasteiger partial charge in [-0.05, 0) is 32.4 Å². The topological polar surface area (TPSA) is 77.1 Å². The third-order valence-electron chi connectivity index (χ3n) is 6.17. The van der Waals surface area contributed by atoms with Crippen molar-refractivity contribution in [2.24, 2.45) is 0 Å². The molecule has 2 fully saturated rings. The molecule has 0 bridgehead atoms. The summed E-state index contributed by atoms with van der Waals surface area (Å²) in [6.45, 7) is 7.40. The van der Waals surface area contributed by atoms with Crippen molar-refractivity contribution in [2.45, 2.75) is 57.3 Å². The normalized spacial score (nSPS) is 20.0. The highest BCUT2D eigenvalue weighted by molar-refractivity contribution is 5.70. The van der Waals surface area contributed by atoms with Gasteiger partial charge in [0.15, 0.2) is 0 Å². The lowest BCUT2D eigenvalue weighted by Gasteiger charge is -2.48. The van der Waals surface area contributed by atoms with E-state index < -0.39 is 17.3 Å². The van der Waals surface area contributed by atoms with Crippen molar-refractivity contribution in [3.8, 4) is 5.75 Å². The van der Waals surface area contributed by atoms with Crippen LogP contribution in [0.2, 0.25) is 0 Å². The molecule has 2 aromatic rings. The first-order valence-electron chi connectivity index (χ1n) is 11.5. The molecule has 0 aromatic heterocycles. The van der Waals surface area contributed by atoms with E-state index in [-0.39, 0.29) is 12.0 Å². The van der Waals surface area contributed by atoms with Gasteiger partial charge in [-0.15, -0.1) is 0 Å². The van der Waals surface area contributed by atoms with E-state index in [0.29, 0.717) is 39.1 Å². The van der Waals surface area contributed by atoms with Gasteiger partial charge in [-0.25, -0.2) is 9.59 Å². The molecule has 0 radical (unpaired) electrons. The maximum Gasteiger partial charge on any atom is 0.410 e. The molecule has 2 aliphatic heterocycles. The van der Waals surface area contributed by atoms with Crippen molar-refractivity contribution in [3.63, 3.8) is 0 Å². The van der Waals surface area contributed by atoms with Gasteiger partial charge >= 0.3 is 12.2 Å². The van der Waals surface area contributed by atoms with Crippen molar-refractivity contribution >= 4 is 12.2 Å². The molecule has 176 valence electrons. The molecule has 7 heteroatoms. The zero-order valence-electron chi connectivity index (χ0n) is 19.5. The molecule has 2 aromatic carbocycles. The third-order valence-corrected chi connectivity index (χ3v) is 6.17. The van der Waals surface area contributed by atoms with E-state index in [9.17, 15) is 9.59 Å². The number of nitrogens with one attached hydrogen (secondary N) is 1. The van der Waals surface area contributed by atoms with Crippen LogP contribution in [0.25, 0.3) is 0 Å². The van der Waals surface area contributed by atoms with Crippen molar-refractivity contribution in [1.82, 2.24) is 10.2 Å². The summed E-state index contributed by atoms with van der Waals surface area (Å²) in [5.41, 5.74) is 0.831. The Bertz CT molecular complexity index is 978. The monoisotopic (exact) mass is 452 g/mol. The van der Waals surface area contributed by atoms with Crippen LogP contribution in [0.1, 0.15) is 50.7 Å². The lowest BCUT2D eigenvalue weighted by Crippen LogP contribution is -2.58. The molecule has 2 amide bonds. The fourth-order valence-electron chi connectivity index (χ4n) is 4.54. The molecule has 2 aliphatic rings. The molecule has 0 saturated carbocycles. The zero-order valence-corrected chi connectivity index (χ0v) is 19.5. The van der Waals surface area contributed by atoms with Crippen LogP contribution in [-0.2, 0) is 16.1 Å². The minimum Gasteiger partial charge on any atom is -0.489 e. The zero-order chi connectivity index (χ0) is 23.5. The number of rotatable bonds is 4. The average molecular weight is 453 g/mol. The van der Waals surface area contributed by atoms with Gasteiger partial charge in [0, 0.05) is 44.0 Å². The Hall–Kier alpha value is -3.22. The summed E-state index contributed by atoms with van der Waals surface area (Å²) in [6.07, 6.45) is 0.328. The number of carbonyl (C=O) groups is 2. The second kappa shape index (κ2) is 9.33. The minimum absolute atomic E-state index is 0.0945. The summed E-state index contributed by atoms with van der Waals surface area (Å²) in [6, 6.07) is 17.9. The van der Waals surface area contributed by atoms with Crippen LogP contribution in [0.3, 0.4) is 0 Å². The number of amides is 2. The van der Waals surface area contributed by atoms with Crippen LogP contribution in [0.5, 0.6) is 5.75 Å². The van der Waals surface area contributed by atoms with Crippen LogP contribution in [0.4, 0.5) is 9.59 Å². The second-order valence-corrected chi connectivity index (χ2v) is 9.67. The molecule has 2 heterocycles. The molecule has 0 unspecified atom stereocenters. The van der Waals surface area contributed by atoms with Crippen LogP contribution in [0, 0.1) is 0 Å². The maximum atomic E-state index is 12.5. The number of piperidine rings is 1. The van der Waals surface area contributed by atoms with E-state index in [0.717, 1.165) is 16.9 Å². The van der Waals surface area contributed by atoms with Crippen molar-refractivity contribution < 1.29 is 23.8 Å². The first-order valence-corrected chi connectivity index (χ1v) is 11.5. The lowest BCUT2D eigenvalue weighted by atomic mass is 9.74. The Morgan fingerprint density at radius 2 is 1.76 bits per heavy atom. The molecule has 0 aliphatic carbocycles. The van der Waals surface area contributed by atoms with Crippen LogP contribution in [-0.4, -0.2) is 47.9 Å². The van der Waals surface area contributed by atoms with E-state index in [4.69, 9.17) is 14.2 Å².